The number of hydrogen-bond acceptors (Lipinski definition) is 0. The van der Waals surface area contributed by atoms with Gasteiger partial charge >= 0.3 is 0 Å². The molecule has 1 aromatic rings. The van der Waals surface area contributed by atoms with Gasteiger partial charge < -0.3 is 0 Å². The highest BCUT2D eigenvalue weighted by Gasteiger charge is 1.98. The zero-order valence-electron chi connectivity index (χ0n) is 18.0. The second kappa shape index (κ2) is 22.5. The van der Waals surface area contributed by atoms with Gasteiger partial charge in [0, 0.05) is 5.38 Å². The van der Waals surface area contributed by atoms with E-state index < -0.39 is 0 Å². The molecule has 0 saturated carbocycles. The number of benzene rings is 1. The van der Waals surface area contributed by atoms with Crippen LogP contribution in [0.1, 0.15) is 106 Å². The van der Waals surface area contributed by atoms with Crippen LogP contribution in [0, 0.1) is 5.92 Å². The Bertz CT molecular complexity index is 293. The minimum absolute atomic E-state index is 0.356. The summed E-state index contributed by atoms with van der Waals surface area (Å²) >= 11 is 5.46. The zero-order valence-corrected chi connectivity index (χ0v) is 18.8. The Labute approximate surface area is 159 Å². The first kappa shape index (κ1) is 28.3. The van der Waals surface area contributed by atoms with E-state index in [9.17, 15) is 0 Å². The van der Waals surface area contributed by atoms with Gasteiger partial charge in [0.2, 0.25) is 0 Å². The summed E-state index contributed by atoms with van der Waals surface area (Å²) < 4.78 is 0. The van der Waals surface area contributed by atoms with Gasteiger partial charge in [-0.25, -0.2) is 0 Å². The predicted octanol–water partition coefficient (Wildman–Crippen LogP) is 9.08. The highest BCUT2D eigenvalue weighted by atomic mass is 35.5. The molecule has 2 atom stereocenters. The lowest BCUT2D eigenvalue weighted by atomic mass is 9.99. The molecule has 0 saturated heterocycles. The molecule has 0 amide bonds. The summed E-state index contributed by atoms with van der Waals surface area (Å²) in [7, 11) is 0. The van der Waals surface area contributed by atoms with Crippen molar-refractivity contribution in [3.8, 4) is 0 Å². The minimum Gasteiger partial charge on any atom is -0.123 e. The first-order valence-corrected chi connectivity index (χ1v) is 10.4. The molecule has 0 radical (unpaired) electrons. The lowest BCUT2D eigenvalue weighted by molar-refractivity contribution is 0.626. The largest absolute Gasteiger partial charge is 0.123 e. The molecule has 0 aromatic heterocycles. The average Bonchev–Trinajstić information content (AvgIpc) is 2.62. The standard InChI is InChI=1S/C10H14.C5H12.C4H9Cl.C4H10/c1-3-9(2)10-7-5-4-6-8-10;1-4-5(2)3;1-3-4(2)5;1-3-4-2/h4-9H,3H2,1-2H3;5H,4H2,1-3H3;4H,3H2,1-2H3;3-4H2,1-2H3. The van der Waals surface area contributed by atoms with Crippen LogP contribution < -0.4 is 0 Å². The molecular formula is C23H45Cl. The SMILES string of the molecule is CCC(C)C.CCC(C)Cl.CCC(C)c1ccccc1.CCCC. The Kier molecular flexibility index (Phi) is 26.6. The summed E-state index contributed by atoms with van der Waals surface area (Å²) in [6.07, 6.45) is 6.24. The van der Waals surface area contributed by atoms with Gasteiger partial charge in [0.15, 0.2) is 0 Å². The summed E-state index contributed by atoms with van der Waals surface area (Å²) in [6, 6.07) is 10.6. The fraction of sp³-hybridized carbons (Fsp3) is 0.739. The third-order valence-corrected chi connectivity index (χ3v) is 4.17. The summed E-state index contributed by atoms with van der Waals surface area (Å²) in [6.45, 7) is 19.5. The summed E-state index contributed by atoms with van der Waals surface area (Å²) in [5.74, 6) is 1.59. The number of hydrogen-bond donors (Lipinski definition) is 0. The van der Waals surface area contributed by atoms with E-state index in [-0.39, 0.29) is 0 Å². The average molecular weight is 357 g/mol. The molecule has 2 unspecified atom stereocenters. The first-order valence-electron chi connectivity index (χ1n) is 9.99. The van der Waals surface area contributed by atoms with Gasteiger partial charge in [0.05, 0.1) is 0 Å². The lowest BCUT2D eigenvalue weighted by Gasteiger charge is -2.06. The second-order valence-corrected chi connectivity index (χ2v) is 7.46. The van der Waals surface area contributed by atoms with Crippen LogP contribution in [0.5, 0.6) is 0 Å². The number of unbranched alkanes of at least 4 members (excludes halogenated alkanes) is 1. The van der Waals surface area contributed by atoms with E-state index in [0.29, 0.717) is 11.3 Å². The topological polar surface area (TPSA) is 0 Å². The summed E-state index contributed by atoms with van der Waals surface area (Å²) in [5, 5.41) is 0.356. The zero-order chi connectivity index (χ0) is 19.4. The van der Waals surface area contributed by atoms with Crippen LogP contribution in [0.2, 0.25) is 0 Å². The van der Waals surface area contributed by atoms with Crippen molar-refractivity contribution in [2.45, 2.75) is 106 Å². The molecule has 0 aliphatic carbocycles. The maximum atomic E-state index is 5.46. The molecule has 0 aliphatic heterocycles. The van der Waals surface area contributed by atoms with Crippen molar-refractivity contribution < 1.29 is 0 Å². The maximum absolute atomic E-state index is 5.46. The van der Waals surface area contributed by atoms with Crippen LogP contribution in [0.4, 0.5) is 0 Å². The monoisotopic (exact) mass is 356 g/mol. The molecule has 1 aromatic carbocycles. The van der Waals surface area contributed by atoms with Gasteiger partial charge in [0.1, 0.15) is 0 Å². The Balaban J connectivity index is -0.000000270. The van der Waals surface area contributed by atoms with E-state index in [4.69, 9.17) is 11.6 Å². The lowest BCUT2D eigenvalue weighted by Crippen LogP contribution is -1.88. The van der Waals surface area contributed by atoms with Crippen molar-refractivity contribution in [1.82, 2.24) is 0 Å². The second-order valence-electron chi connectivity index (χ2n) is 6.71. The van der Waals surface area contributed by atoms with Crippen molar-refractivity contribution in [1.29, 1.82) is 0 Å². The molecule has 1 heteroatoms. The van der Waals surface area contributed by atoms with Gasteiger partial charge in [-0.05, 0) is 37.2 Å². The van der Waals surface area contributed by atoms with Crippen molar-refractivity contribution in [3.05, 3.63) is 35.9 Å². The van der Waals surface area contributed by atoms with E-state index in [1.165, 1.54) is 31.2 Å². The van der Waals surface area contributed by atoms with Crippen LogP contribution in [0.15, 0.2) is 30.3 Å². The molecule has 0 heterocycles. The van der Waals surface area contributed by atoms with Crippen molar-refractivity contribution in [2.24, 2.45) is 5.92 Å². The Morgan fingerprint density at radius 1 is 0.708 bits per heavy atom. The van der Waals surface area contributed by atoms with E-state index in [2.05, 4.69) is 85.7 Å². The summed E-state index contributed by atoms with van der Waals surface area (Å²) in [4.78, 5) is 0. The molecule has 0 fully saturated rings. The number of alkyl halides is 1. The van der Waals surface area contributed by atoms with E-state index >= 15 is 0 Å². The van der Waals surface area contributed by atoms with Gasteiger partial charge in [-0.1, -0.05) is 105 Å². The Morgan fingerprint density at radius 2 is 1.08 bits per heavy atom. The molecule has 144 valence electrons. The molecular weight excluding hydrogens is 312 g/mol. The van der Waals surface area contributed by atoms with Crippen LogP contribution in [0.3, 0.4) is 0 Å². The molecule has 0 bridgehead atoms. The fourth-order valence-corrected chi connectivity index (χ4v) is 1.02. The summed E-state index contributed by atoms with van der Waals surface area (Å²) in [5.41, 5.74) is 1.45. The van der Waals surface area contributed by atoms with Gasteiger partial charge in [0.25, 0.3) is 0 Å². The molecule has 0 N–H and O–H groups in total. The molecule has 0 nitrogen and oxygen atoms in total. The molecule has 0 spiro atoms. The smallest absolute Gasteiger partial charge is 0.0305 e. The van der Waals surface area contributed by atoms with Gasteiger partial charge in [-0.15, -0.1) is 11.6 Å². The number of halogens is 1. The molecule has 1 rings (SSSR count). The van der Waals surface area contributed by atoms with Gasteiger partial charge in [-0.2, -0.15) is 0 Å². The van der Waals surface area contributed by atoms with Gasteiger partial charge in [-0.3, -0.25) is 0 Å². The van der Waals surface area contributed by atoms with Crippen molar-refractivity contribution >= 4 is 11.6 Å². The highest BCUT2D eigenvalue weighted by molar-refractivity contribution is 6.20. The van der Waals surface area contributed by atoms with Crippen LogP contribution in [0.25, 0.3) is 0 Å². The fourth-order valence-electron chi connectivity index (χ4n) is 1.02. The maximum Gasteiger partial charge on any atom is 0.0305 e. The first-order chi connectivity index (χ1) is 11.3. The predicted molar refractivity (Wildman–Crippen MR) is 116 cm³/mol. The third-order valence-electron chi connectivity index (χ3n) is 3.86. The van der Waals surface area contributed by atoms with E-state index in [1.807, 2.05) is 6.92 Å². The quantitative estimate of drug-likeness (QED) is 0.461. The molecule has 0 aliphatic rings. The normalized spacial score (nSPS) is 11.8. The van der Waals surface area contributed by atoms with Crippen LogP contribution in [-0.2, 0) is 0 Å². The molecule has 24 heavy (non-hydrogen) atoms. The van der Waals surface area contributed by atoms with E-state index in [0.717, 1.165) is 12.3 Å². The Hall–Kier alpha value is -0.490. The van der Waals surface area contributed by atoms with Crippen molar-refractivity contribution in [3.63, 3.8) is 0 Å². The third kappa shape index (κ3) is 26.4. The van der Waals surface area contributed by atoms with Crippen LogP contribution in [-0.4, -0.2) is 5.38 Å². The van der Waals surface area contributed by atoms with Crippen LogP contribution >= 0.6 is 11.6 Å². The Morgan fingerprint density at radius 3 is 1.29 bits per heavy atom. The van der Waals surface area contributed by atoms with E-state index in [1.54, 1.807) is 0 Å². The number of rotatable bonds is 5. The minimum atomic E-state index is 0.356. The van der Waals surface area contributed by atoms with Crippen molar-refractivity contribution in [2.75, 3.05) is 0 Å². The highest BCUT2D eigenvalue weighted by Crippen LogP contribution is 2.16.